The van der Waals surface area contributed by atoms with Crippen molar-refractivity contribution in [3.63, 3.8) is 0 Å². The molecule has 31 heavy (non-hydrogen) atoms. The van der Waals surface area contributed by atoms with Gasteiger partial charge in [-0.3, -0.25) is 14.4 Å². The second-order valence-corrected chi connectivity index (χ2v) is 9.96. The van der Waals surface area contributed by atoms with Crippen LogP contribution in [0.2, 0.25) is 0 Å². The van der Waals surface area contributed by atoms with Gasteiger partial charge in [-0.05, 0) is 58.7 Å². The van der Waals surface area contributed by atoms with Crippen LogP contribution in [0.25, 0.3) is 0 Å². The van der Waals surface area contributed by atoms with Crippen LogP contribution in [-0.4, -0.2) is 56.2 Å². The summed E-state index contributed by atoms with van der Waals surface area (Å²) in [6.07, 6.45) is 0.348. The first-order chi connectivity index (χ1) is 14.9. The summed E-state index contributed by atoms with van der Waals surface area (Å²) in [5, 5.41) is 5.69. The molecular formula is C21H22BrN3O5S. The Morgan fingerprint density at radius 2 is 1.97 bits per heavy atom. The van der Waals surface area contributed by atoms with E-state index in [1.165, 1.54) is 11.3 Å². The van der Waals surface area contributed by atoms with Crippen LogP contribution in [0.1, 0.15) is 21.7 Å². The van der Waals surface area contributed by atoms with Crippen molar-refractivity contribution >= 4 is 56.4 Å². The largest absolute Gasteiger partial charge is 0.379 e. The minimum Gasteiger partial charge on any atom is -0.379 e. The topological polar surface area (TPSA) is 97.0 Å². The van der Waals surface area contributed by atoms with E-state index in [0.29, 0.717) is 36.7 Å². The van der Waals surface area contributed by atoms with Crippen molar-refractivity contribution < 1.29 is 23.9 Å². The molecule has 164 valence electrons. The van der Waals surface area contributed by atoms with Crippen molar-refractivity contribution in [3.8, 4) is 0 Å². The third-order valence-electron chi connectivity index (χ3n) is 5.25. The summed E-state index contributed by atoms with van der Waals surface area (Å²) in [4.78, 5) is 40.1. The van der Waals surface area contributed by atoms with Gasteiger partial charge in [-0.2, -0.15) is 0 Å². The molecule has 2 aliphatic heterocycles. The lowest BCUT2D eigenvalue weighted by Crippen LogP contribution is -2.68. The smallest absolute Gasteiger partial charge is 0.262 e. The number of aryl methyl sites for hydroxylation is 1. The molecule has 3 heterocycles. The van der Waals surface area contributed by atoms with Crippen molar-refractivity contribution in [1.29, 1.82) is 0 Å². The molecule has 2 saturated heterocycles. The molecule has 0 atom stereocenters. The molecule has 0 spiro atoms. The fourth-order valence-corrected chi connectivity index (χ4v) is 4.78. The van der Waals surface area contributed by atoms with E-state index < -0.39 is 5.54 Å². The fourth-order valence-electron chi connectivity index (χ4n) is 3.50. The maximum atomic E-state index is 13.0. The zero-order valence-electron chi connectivity index (χ0n) is 16.9. The van der Waals surface area contributed by atoms with Gasteiger partial charge < -0.3 is 25.0 Å². The van der Waals surface area contributed by atoms with Crippen LogP contribution in [0.15, 0.2) is 34.1 Å². The molecule has 0 unspecified atom stereocenters. The quantitative estimate of drug-likeness (QED) is 0.648. The minimum absolute atomic E-state index is 0.0193. The third-order valence-corrected chi connectivity index (χ3v) is 6.87. The van der Waals surface area contributed by atoms with Gasteiger partial charge in [0.05, 0.1) is 41.5 Å². The summed E-state index contributed by atoms with van der Waals surface area (Å²) in [5.41, 5.74) is 1.13. The number of thiophene rings is 1. The van der Waals surface area contributed by atoms with Crippen molar-refractivity contribution in [1.82, 2.24) is 5.32 Å². The Hall–Kier alpha value is -2.27. The number of nitrogens with one attached hydrogen (secondary N) is 2. The van der Waals surface area contributed by atoms with Gasteiger partial charge in [-0.25, -0.2) is 0 Å². The third kappa shape index (κ3) is 4.67. The molecule has 2 N–H and O–H groups in total. The number of ether oxygens (including phenoxy) is 2. The van der Waals surface area contributed by atoms with E-state index in [1.807, 2.05) is 19.1 Å². The first-order valence-corrected chi connectivity index (χ1v) is 11.4. The molecule has 0 radical (unpaired) electrons. The van der Waals surface area contributed by atoms with Gasteiger partial charge in [0.25, 0.3) is 11.8 Å². The number of hydrogen-bond acceptors (Lipinski definition) is 6. The maximum Gasteiger partial charge on any atom is 0.262 e. The molecule has 1 aromatic heterocycles. The van der Waals surface area contributed by atoms with E-state index in [1.54, 1.807) is 23.1 Å². The summed E-state index contributed by atoms with van der Waals surface area (Å²) >= 11 is 4.63. The van der Waals surface area contributed by atoms with E-state index >= 15 is 0 Å². The van der Waals surface area contributed by atoms with E-state index in [2.05, 4.69) is 26.6 Å². The van der Waals surface area contributed by atoms with E-state index in [-0.39, 0.29) is 30.9 Å². The number of amides is 3. The van der Waals surface area contributed by atoms with Gasteiger partial charge in [-0.15, -0.1) is 11.3 Å². The van der Waals surface area contributed by atoms with Crippen LogP contribution in [0.3, 0.4) is 0 Å². The first kappa shape index (κ1) is 21.9. The first-order valence-electron chi connectivity index (χ1n) is 9.84. The van der Waals surface area contributed by atoms with Crippen molar-refractivity contribution in [2.24, 2.45) is 0 Å². The Kier molecular flexibility index (Phi) is 6.42. The lowest BCUT2D eigenvalue weighted by atomic mass is 9.95. The second kappa shape index (κ2) is 9.07. The average molecular weight is 508 g/mol. The number of hydrogen-bond donors (Lipinski definition) is 2. The van der Waals surface area contributed by atoms with Gasteiger partial charge in [0.2, 0.25) is 5.91 Å². The number of rotatable bonds is 5. The molecule has 2 aliphatic rings. The number of nitrogens with zero attached hydrogens (tertiary/aromatic N) is 1. The van der Waals surface area contributed by atoms with Gasteiger partial charge >= 0.3 is 0 Å². The van der Waals surface area contributed by atoms with Crippen LogP contribution >= 0.6 is 27.3 Å². The number of benzene rings is 1. The standard InChI is InChI=1S/C21H22BrN3O5S/c1-13-10-14(2-3-15(13)25-7-9-29-8-6-18(25)26)23-20(28)21(11-30-12-21)24-19(27)16-4-5-17(22)31-16/h2-5,10H,6-9,11-12H2,1H3,(H,23,28)(H,24,27). The van der Waals surface area contributed by atoms with E-state index in [9.17, 15) is 14.4 Å². The highest BCUT2D eigenvalue weighted by molar-refractivity contribution is 9.11. The highest BCUT2D eigenvalue weighted by Crippen LogP contribution is 2.28. The molecular weight excluding hydrogens is 486 g/mol. The van der Waals surface area contributed by atoms with Gasteiger partial charge in [0.1, 0.15) is 0 Å². The predicted molar refractivity (Wildman–Crippen MR) is 121 cm³/mol. The Morgan fingerprint density at radius 1 is 1.16 bits per heavy atom. The Balaban J connectivity index is 1.46. The van der Waals surface area contributed by atoms with Gasteiger partial charge in [0, 0.05) is 17.9 Å². The van der Waals surface area contributed by atoms with Gasteiger partial charge in [0.15, 0.2) is 5.54 Å². The van der Waals surface area contributed by atoms with Crippen LogP contribution in [0.5, 0.6) is 0 Å². The lowest BCUT2D eigenvalue weighted by Gasteiger charge is -2.40. The molecule has 2 fully saturated rings. The number of halogens is 1. The zero-order valence-corrected chi connectivity index (χ0v) is 19.3. The van der Waals surface area contributed by atoms with Crippen LogP contribution in [0, 0.1) is 6.92 Å². The van der Waals surface area contributed by atoms with Crippen LogP contribution < -0.4 is 15.5 Å². The van der Waals surface area contributed by atoms with Crippen molar-refractivity contribution in [2.45, 2.75) is 18.9 Å². The van der Waals surface area contributed by atoms with Crippen LogP contribution in [-0.2, 0) is 19.1 Å². The van der Waals surface area contributed by atoms with Crippen molar-refractivity contribution in [2.75, 3.05) is 43.2 Å². The van der Waals surface area contributed by atoms with Gasteiger partial charge in [-0.1, -0.05) is 0 Å². The molecule has 4 rings (SSSR count). The molecule has 1 aromatic carbocycles. The Bertz CT molecular complexity index is 1020. The SMILES string of the molecule is Cc1cc(NC(=O)C2(NC(=O)c3ccc(Br)s3)COC2)ccc1N1CCOCCC1=O. The molecule has 0 saturated carbocycles. The molecule has 0 bridgehead atoms. The number of carbonyl (C=O) groups excluding carboxylic acids is 3. The predicted octanol–water partition coefficient (Wildman–Crippen LogP) is 2.71. The normalized spacial score (nSPS) is 18.1. The Labute approximate surface area is 192 Å². The highest BCUT2D eigenvalue weighted by Gasteiger charge is 2.47. The molecule has 8 nitrogen and oxygen atoms in total. The molecule has 3 amide bonds. The molecule has 2 aromatic rings. The fraction of sp³-hybridized carbons (Fsp3) is 0.381. The minimum atomic E-state index is -1.11. The van der Waals surface area contributed by atoms with E-state index in [4.69, 9.17) is 9.47 Å². The number of carbonyl (C=O) groups is 3. The van der Waals surface area contributed by atoms with Crippen molar-refractivity contribution in [3.05, 3.63) is 44.6 Å². The zero-order chi connectivity index (χ0) is 22.0. The second-order valence-electron chi connectivity index (χ2n) is 7.50. The molecule has 10 heteroatoms. The monoisotopic (exact) mass is 507 g/mol. The van der Waals surface area contributed by atoms with E-state index in [0.717, 1.165) is 15.0 Å². The number of anilines is 2. The lowest BCUT2D eigenvalue weighted by molar-refractivity contribution is -0.141. The summed E-state index contributed by atoms with van der Waals surface area (Å²) in [7, 11) is 0. The van der Waals surface area contributed by atoms with Crippen LogP contribution in [0.4, 0.5) is 11.4 Å². The molecule has 0 aliphatic carbocycles. The summed E-state index contributed by atoms with van der Waals surface area (Å²) in [6, 6.07) is 8.88. The maximum absolute atomic E-state index is 13.0. The summed E-state index contributed by atoms with van der Waals surface area (Å²) in [5.74, 6) is -0.637. The summed E-state index contributed by atoms with van der Waals surface area (Å²) in [6.45, 7) is 3.53. The average Bonchev–Trinajstić information content (AvgIpc) is 3.03. The summed E-state index contributed by atoms with van der Waals surface area (Å²) < 4.78 is 11.5. The Morgan fingerprint density at radius 3 is 2.61 bits per heavy atom. The highest BCUT2D eigenvalue weighted by atomic mass is 79.9.